The average Bonchev–Trinajstić information content (AvgIpc) is 2.93. The number of hydrogen-bond acceptors (Lipinski definition) is 4. The van der Waals surface area contributed by atoms with E-state index >= 15 is 0 Å². The maximum absolute atomic E-state index is 11.6. The Kier molecular flexibility index (Phi) is 3.99. The first-order valence-electron chi connectivity index (χ1n) is 7.12. The summed E-state index contributed by atoms with van der Waals surface area (Å²) in [6, 6.07) is 13.3. The van der Waals surface area contributed by atoms with Gasteiger partial charge in [-0.25, -0.2) is 4.79 Å². The summed E-state index contributed by atoms with van der Waals surface area (Å²) in [5.74, 6) is 0.255. The van der Waals surface area contributed by atoms with Gasteiger partial charge in [-0.2, -0.15) is 0 Å². The molecule has 1 aliphatic heterocycles. The molecule has 3 rings (SSSR count). The van der Waals surface area contributed by atoms with Gasteiger partial charge in [0.05, 0.1) is 7.11 Å². The smallest absolute Gasteiger partial charge is 0.322 e. The quantitative estimate of drug-likeness (QED) is 0.748. The summed E-state index contributed by atoms with van der Waals surface area (Å²) in [5, 5.41) is 14.7. The molecule has 1 aliphatic rings. The van der Waals surface area contributed by atoms with Crippen molar-refractivity contribution >= 4 is 11.9 Å². The van der Waals surface area contributed by atoms with Crippen LogP contribution in [0.2, 0.25) is 0 Å². The van der Waals surface area contributed by atoms with E-state index in [1.165, 1.54) is 0 Å². The van der Waals surface area contributed by atoms with Crippen LogP contribution in [0.25, 0.3) is 11.1 Å². The molecule has 6 heteroatoms. The van der Waals surface area contributed by atoms with Crippen molar-refractivity contribution in [2.45, 2.75) is 12.1 Å². The highest BCUT2D eigenvalue weighted by Crippen LogP contribution is 2.25. The van der Waals surface area contributed by atoms with E-state index in [-0.39, 0.29) is 0 Å². The number of urea groups is 1. The molecule has 1 saturated heterocycles. The molecule has 118 valence electrons. The normalized spacial score (nSPS) is 18.3. The van der Waals surface area contributed by atoms with E-state index in [9.17, 15) is 14.7 Å². The third-order valence-corrected chi connectivity index (χ3v) is 3.80. The van der Waals surface area contributed by atoms with E-state index in [1.807, 2.05) is 36.4 Å². The summed E-state index contributed by atoms with van der Waals surface area (Å²) in [6.07, 6.45) is -1.09. The summed E-state index contributed by atoms with van der Waals surface area (Å²) in [4.78, 5) is 22.7. The van der Waals surface area contributed by atoms with Crippen LogP contribution in [0.4, 0.5) is 4.79 Å². The van der Waals surface area contributed by atoms with E-state index in [0.717, 1.165) is 16.9 Å². The lowest BCUT2D eigenvalue weighted by atomic mass is 9.98. The van der Waals surface area contributed by atoms with Crippen LogP contribution in [0.3, 0.4) is 0 Å². The fourth-order valence-electron chi connectivity index (χ4n) is 2.50. The lowest BCUT2D eigenvalue weighted by molar-refractivity contribution is -0.122. The van der Waals surface area contributed by atoms with Gasteiger partial charge in [0.25, 0.3) is 5.91 Å². The van der Waals surface area contributed by atoms with Gasteiger partial charge in [0.2, 0.25) is 0 Å². The van der Waals surface area contributed by atoms with Crippen molar-refractivity contribution in [3.8, 4) is 16.9 Å². The number of imide groups is 1. The Hall–Kier alpha value is -2.86. The standard InChI is InChI=1S/C17H16N2O4/c1-23-13-8-6-11(7-9-13)10-2-4-12(5-3-10)15(20)14-16(21)19-17(22)18-14/h2-9,14-15,20H,1H3,(H2,18,19,21,22). The van der Waals surface area contributed by atoms with Crippen LogP contribution in [0.15, 0.2) is 48.5 Å². The molecule has 0 spiro atoms. The molecule has 1 heterocycles. The van der Waals surface area contributed by atoms with Crippen LogP contribution in [-0.4, -0.2) is 30.2 Å². The van der Waals surface area contributed by atoms with Crippen molar-refractivity contribution in [2.75, 3.05) is 7.11 Å². The topological polar surface area (TPSA) is 87.7 Å². The Balaban J connectivity index is 1.78. The molecule has 0 bridgehead atoms. The number of nitrogens with one attached hydrogen (secondary N) is 2. The van der Waals surface area contributed by atoms with Crippen molar-refractivity contribution in [1.82, 2.24) is 10.6 Å². The number of carbonyl (C=O) groups is 2. The summed E-state index contributed by atoms with van der Waals surface area (Å²) in [7, 11) is 1.61. The number of methoxy groups -OCH3 is 1. The molecule has 0 aliphatic carbocycles. The first-order valence-corrected chi connectivity index (χ1v) is 7.12. The number of hydrogen-bond donors (Lipinski definition) is 3. The molecule has 3 N–H and O–H groups in total. The fourth-order valence-corrected chi connectivity index (χ4v) is 2.50. The fraction of sp³-hybridized carbons (Fsp3) is 0.176. The molecule has 0 aromatic heterocycles. The number of benzene rings is 2. The molecule has 2 aromatic rings. The summed E-state index contributed by atoms with van der Waals surface area (Å²) >= 11 is 0. The predicted octanol–water partition coefficient (Wildman–Crippen LogP) is 1.60. The second-order valence-electron chi connectivity index (χ2n) is 5.24. The van der Waals surface area contributed by atoms with Crippen molar-refractivity contribution in [1.29, 1.82) is 0 Å². The third-order valence-electron chi connectivity index (χ3n) is 3.80. The van der Waals surface area contributed by atoms with Crippen molar-refractivity contribution < 1.29 is 19.4 Å². The van der Waals surface area contributed by atoms with Crippen LogP contribution in [0.1, 0.15) is 11.7 Å². The number of rotatable bonds is 4. The number of aliphatic hydroxyl groups excluding tert-OH is 1. The Labute approximate surface area is 133 Å². The number of carbonyl (C=O) groups excluding carboxylic acids is 2. The van der Waals surface area contributed by atoms with Crippen molar-refractivity contribution in [2.24, 2.45) is 0 Å². The monoisotopic (exact) mass is 312 g/mol. The maximum atomic E-state index is 11.6. The Morgan fingerprint density at radius 1 is 1.00 bits per heavy atom. The van der Waals surface area contributed by atoms with E-state index in [1.54, 1.807) is 19.2 Å². The van der Waals surface area contributed by atoms with Crippen LogP contribution < -0.4 is 15.4 Å². The van der Waals surface area contributed by atoms with Gasteiger partial charge in [-0.1, -0.05) is 36.4 Å². The second kappa shape index (κ2) is 6.10. The minimum absolute atomic E-state index is 0.526. The van der Waals surface area contributed by atoms with Gasteiger partial charge in [0.1, 0.15) is 17.9 Å². The van der Waals surface area contributed by atoms with Crippen LogP contribution in [-0.2, 0) is 4.79 Å². The molecular weight excluding hydrogens is 296 g/mol. The second-order valence-corrected chi connectivity index (χ2v) is 5.24. The molecule has 0 radical (unpaired) electrons. The average molecular weight is 312 g/mol. The highest BCUT2D eigenvalue weighted by Gasteiger charge is 2.35. The molecular formula is C17H16N2O4. The highest BCUT2D eigenvalue weighted by molar-refractivity contribution is 6.04. The summed E-state index contributed by atoms with van der Waals surface area (Å²) in [6.45, 7) is 0. The van der Waals surface area contributed by atoms with Crippen LogP contribution in [0, 0.1) is 0 Å². The SMILES string of the molecule is COc1ccc(-c2ccc(C(O)C3NC(=O)NC3=O)cc2)cc1. The predicted molar refractivity (Wildman–Crippen MR) is 83.9 cm³/mol. The summed E-state index contributed by atoms with van der Waals surface area (Å²) in [5.41, 5.74) is 2.55. The molecule has 2 atom stereocenters. The number of amides is 3. The van der Waals surface area contributed by atoms with E-state index in [4.69, 9.17) is 4.74 Å². The van der Waals surface area contributed by atoms with E-state index in [0.29, 0.717) is 5.56 Å². The zero-order valence-corrected chi connectivity index (χ0v) is 12.4. The zero-order valence-electron chi connectivity index (χ0n) is 12.4. The molecule has 6 nitrogen and oxygen atoms in total. The van der Waals surface area contributed by atoms with Crippen LogP contribution >= 0.6 is 0 Å². The van der Waals surface area contributed by atoms with E-state index < -0.39 is 24.1 Å². The minimum Gasteiger partial charge on any atom is -0.497 e. The Bertz CT molecular complexity index is 725. The van der Waals surface area contributed by atoms with Gasteiger partial charge in [0.15, 0.2) is 0 Å². The highest BCUT2D eigenvalue weighted by atomic mass is 16.5. The van der Waals surface area contributed by atoms with Gasteiger partial charge in [-0.15, -0.1) is 0 Å². The number of aliphatic hydroxyl groups is 1. The first-order chi connectivity index (χ1) is 11.1. The van der Waals surface area contributed by atoms with E-state index in [2.05, 4.69) is 10.6 Å². The van der Waals surface area contributed by atoms with Gasteiger partial charge in [0, 0.05) is 0 Å². The van der Waals surface area contributed by atoms with Crippen molar-refractivity contribution in [3.63, 3.8) is 0 Å². The van der Waals surface area contributed by atoms with Gasteiger partial charge in [-0.3, -0.25) is 10.1 Å². The molecule has 3 amide bonds. The first kappa shape index (κ1) is 15.1. The molecule has 23 heavy (non-hydrogen) atoms. The zero-order chi connectivity index (χ0) is 16.4. The van der Waals surface area contributed by atoms with Gasteiger partial charge < -0.3 is 15.2 Å². The Morgan fingerprint density at radius 2 is 1.57 bits per heavy atom. The van der Waals surface area contributed by atoms with Gasteiger partial charge in [-0.05, 0) is 28.8 Å². The lowest BCUT2D eigenvalue weighted by Crippen LogP contribution is -2.35. The molecule has 1 fully saturated rings. The molecule has 2 unspecified atom stereocenters. The molecule has 0 saturated carbocycles. The van der Waals surface area contributed by atoms with Crippen LogP contribution in [0.5, 0.6) is 5.75 Å². The Morgan fingerprint density at radius 3 is 2.04 bits per heavy atom. The molecule has 2 aromatic carbocycles. The lowest BCUT2D eigenvalue weighted by Gasteiger charge is -2.16. The largest absolute Gasteiger partial charge is 0.497 e. The summed E-state index contributed by atoms with van der Waals surface area (Å²) < 4.78 is 5.13. The third kappa shape index (κ3) is 3.02. The maximum Gasteiger partial charge on any atom is 0.322 e. The van der Waals surface area contributed by atoms with Gasteiger partial charge >= 0.3 is 6.03 Å². The minimum atomic E-state index is -1.09. The number of ether oxygens (including phenoxy) is 1. The van der Waals surface area contributed by atoms with Crippen molar-refractivity contribution in [3.05, 3.63) is 54.1 Å².